The standard InChI is InChI=1S/C21H21N5O2S/c1-15(2)16-3-7-18(8-4-16)26-14-23-25-21(26)29-13-20(27)24-17-5-9-19(10-6-17)28-12-11-22/h3-10,14-15H,12-13H2,1-2H3,(H,24,27). The van der Waals surface area contributed by atoms with Crippen molar-refractivity contribution in [3.8, 4) is 17.5 Å². The number of hydrogen-bond donors (Lipinski definition) is 1. The SMILES string of the molecule is CC(C)c1ccc(-n2cnnc2SCC(=O)Nc2ccc(OCC#N)cc2)cc1. The second-order valence-electron chi connectivity index (χ2n) is 6.54. The fraction of sp³-hybridized carbons (Fsp3) is 0.238. The van der Waals surface area contributed by atoms with Crippen molar-refractivity contribution >= 4 is 23.4 Å². The molecule has 0 unspecified atom stereocenters. The first kappa shape index (κ1) is 20.4. The molecule has 2 aromatic carbocycles. The van der Waals surface area contributed by atoms with Crippen molar-refractivity contribution in [1.29, 1.82) is 5.26 Å². The largest absolute Gasteiger partial charge is 0.479 e. The maximum Gasteiger partial charge on any atom is 0.234 e. The zero-order chi connectivity index (χ0) is 20.6. The van der Waals surface area contributed by atoms with Crippen LogP contribution in [-0.4, -0.2) is 33.0 Å². The van der Waals surface area contributed by atoms with Crippen molar-refractivity contribution in [2.45, 2.75) is 24.9 Å². The summed E-state index contributed by atoms with van der Waals surface area (Å²) in [6.07, 6.45) is 1.64. The van der Waals surface area contributed by atoms with Gasteiger partial charge in [-0.2, -0.15) is 5.26 Å². The first-order valence-electron chi connectivity index (χ1n) is 9.09. The molecule has 0 atom stereocenters. The summed E-state index contributed by atoms with van der Waals surface area (Å²) in [6.45, 7) is 4.30. The molecule has 0 aliphatic heterocycles. The van der Waals surface area contributed by atoms with E-state index >= 15 is 0 Å². The molecule has 7 nitrogen and oxygen atoms in total. The number of nitrogens with zero attached hydrogens (tertiary/aromatic N) is 4. The van der Waals surface area contributed by atoms with Gasteiger partial charge in [-0.05, 0) is 47.9 Å². The van der Waals surface area contributed by atoms with Crippen molar-refractivity contribution in [1.82, 2.24) is 14.8 Å². The Bertz CT molecular complexity index is 991. The third-order valence-electron chi connectivity index (χ3n) is 4.13. The van der Waals surface area contributed by atoms with Gasteiger partial charge in [0.2, 0.25) is 5.91 Å². The lowest BCUT2D eigenvalue weighted by atomic mass is 10.0. The van der Waals surface area contributed by atoms with E-state index in [0.717, 1.165) is 5.69 Å². The number of nitriles is 1. The Labute approximate surface area is 173 Å². The van der Waals surface area contributed by atoms with Gasteiger partial charge in [-0.15, -0.1) is 10.2 Å². The van der Waals surface area contributed by atoms with Crippen molar-refractivity contribution < 1.29 is 9.53 Å². The van der Waals surface area contributed by atoms with Gasteiger partial charge in [0.05, 0.1) is 5.75 Å². The number of thioether (sulfide) groups is 1. The van der Waals surface area contributed by atoms with Gasteiger partial charge in [-0.1, -0.05) is 37.7 Å². The van der Waals surface area contributed by atoms with Crippen LogP contribution < -0.4 is 10.1 Å². The van der Waals surface area contributed by atoms with E-state index in [1.165, 1.54) is 17.3 Å². The van der Waals surface area contributed by atoms with E-state index in [4.69, 9.17) is 10.00 Å². The molecule has 0 radical (unpaired) electrons. The molecule has 1 amide bonds. The van der Waals surface area contributed by atoms with E-state index < -0.39 is 0 Å². The molecule has 29 heavy (non-hydrogen) atoms. The zero-order valence-corrected chi connectivity index (χ0v) is 17.0. The Morgan fingerprint density at radius 3 is 2.59 bits per heavy atom. The highest BCUT2D eigenvalue weighted by Crippen LogP contribution is 2.22. The van der Waals surface area contributed by atoms with Crippen LogP contribution >= 0.6 is 11.8 Å². The van der Waals surface area contributed by atoms with Crippen molar-refractivity contribution in [3.05, 3.63) is 60.4 Å². The van der Waals surface area contributed by atoms with Crippen LogP contribution in [0.3, 0.4) is 0 Å². The van der Waals surface area contributed by atoms with Crippen LogP contribution in [0.4, 0.5) is 5.69 Å². The topological polar surface area (TPSA) is 92.8 Å². The average molecular weight is 407 g/mol. The molecule has 1 N–H and O–H groups in total. The number of rotatable bonds is 8. The smallest absolute Gasteiger partial charge is 0.234 e. The number of carbonyl (C=O) groups is 1. The van der Waals surface area contributed by atoms with Crippen molar-refractivity contribution in [3.63, 3.8) is 0 Å². The Morgan fingerprint density at radius 2 is 1.93 bits per heavy atom. The van der Waals surface area contributed by atoms with E-state index in [1.54, 1.807) is 30.6 Å². The van der Waals surface area contributed by atoms with Crippen LogP contribution in [0.1, 0.15) is 25.3 Å². The van der Waals surface area contributed by atoms with Crippen LogP contribution in [0.15, 0.2) is 60.0 Å². The minimum absolute atomic E-state index is 0.0107. The van der Waals surface area contributed by atoms with Crippen LogP contribution in [0.25, 0.3) is 5.69 Å². The third kappa shape index (κ3) is 5.59. The van der Waals surface area contributed by atoms with Crippen molar-refractivity contribution in [2.75, 3.05) is 17.7 Å². The van der Waals surface area contributed by atoms with Gasteiger partial charge >= 0.3 is 0 Å². The van der Waals surface area contributed by atoms with Gasteiger partial charge in [-0.3, -0.25) is 9.36 Å². The summed E-state index contributed by atoms with van der Waals surface area (Å²) in [4.78, 5) is 12.3. The zero-order valence-electron chi connectivity index (χ0n) is 16.2. The molecule has 0 fully saturated rings. The third-order valence-corrected chi connectivity index (χ3v) is 5.07. The summed E-state index contributed by atoms with van der Waals surface area (Å²) in [6, 6.07) is 17.0. The second kappa shape index (κ2) is 9.75. The summed E-state index contributed by atoms with van der Waals surface area (Å²) < 4.78 is 7.06. The molecule has 8 heteroatoms. The number of ether oxygens (including phenoxy) is 1. The summed E-state index contributed by atoms with van der Waals surface area (Å²) in [7, 11) is 0. The van der Waals surface area contributed by atoms with Crippen LogP contribution in [0.5, 0.6) is 5.75 Å². The molecule has 0 aliphatic rings. The fourth-order valence-corrected chi connectivity index (χ4v) is 3.33. The summed E-state index contributed by atoms with van der Waals surface area (Å²) >= 11 is 1.32. The summed E-state index contributed by atoms with van der Waals surface area (Å²) in [5.74, 6) is 1.10. The lowest BCUT2D eigenvalue weighted by Gasteiger charge is -2.09. The van der Waals surface area contributed by atoms with Crippen molar-refractivity contribution in [2.24, 2.45) is 0 Å². The lowest BCUT2D eigenvalue weighted by molar-refractivity contribution is -0.113. The molecule has 148 valence electrons. The van der Waals surface area contributed by atoms with Crippen LogP contribution in [-0.2, 0) is 4.79 Å². The Morgan fingerprint density at radius 1 is 1.21 bits per heavy atom. The average Bonchev–Trinajstić information content (AvgIpc) is 3.20. The number of carbonyl (C=O) groups excluding carboxylic acids is 1. The number of hydrogen-bond acceptors (Lipinski definition) is 6. The highest BCUT2D eigenvalue weighted by Gasteiger charge is 2.11. The number of amides is 1. The second-order valence-corrected chi connectivity index (χ2v) is 7.48. The minimum Gasteiger partial charge on any atom is -0.479 e. The maximum atomic E-state index is 12.3. The van der Waals surface area contributed by atoms with E-state index in [1.807, 2.05) is 22.8 Å². The quantitative estimate of drug-likeness (QED) is 0.567. The normalized spacial score (nSPS) is 10.6. The molecule has 1 heterocycles. The molecule has 3 rings (SSSR count). The highest BCUT2D eigenvalue weighted by atomic mass is 32.2. The van der Waals surface area contributed by atoms with Gasteiger partial charge in [0.1, 0.15) is 18.1 Å². The van der Waals surface area contributed by atoms with Gasteiger partial charge in [0.15, 0.2) is 11.8 Å². The summed E-state index contributed by atoms with van der Waals surface area (Å²) in [5.41, 5.74) is 2.88. The van der Waals surface area contributed by atoms with E-state index in [-0.39, 0.29) is 18.3 Å². The Hall–Kier alpha value is -3.31. The van der Waals surface area contributed by atoms with Crippen LogP contribution in [0.2, 0.25) is 0 Å². The minimum atomic E-state index is -0.148. The lowest BCUT2D eigenvalue weighted by Crippen LogP contribution is -2.14. The molecular formula is C21H21N5O2S. The number of nitrogens with one attached hydrogen (secondary N) is 1. The Balaban J connectivity index is 1.57. The molecule has 1 aromatic heterocycles. The molecular weight excluding hydrogens is 386 g/mol. The first-order chi connectivity index (χ1) is 14.1. The maximum absolute atomic E-state index is 12.3. The molecule has 0 bridgehead atoms. The molecule has 0 saturated heterocycles. The van der Waals surface area contributed by atoms with Gasteiger partial charge in [-0.25, -0.2) is 0 Å². The first-order valence-corrected chi connectivity index (χ1v) is 10.1. The fourth-order valence-electron chi connectivity index (χ4n) is 2.60. The molecule has 0 aliphatic carbocycles. The number of aromatic nitrogens is 3. The van der Waals surface area contributed by atoms with E-state index in [2.05, 4.69) is 41.5 Å². The number of anilines is 1. The van der Waals surface area contributed by atoms with Gasteiger partial charge in [0.25, 0.3) is 0 Å². The summed E-state index contributed by atoms with van der Waals surface area (Å²) in [5, 5.41) is 20.1. The molecule has 0 spiro atoms. The predicted octanol–water partition coefficient (Wildman–Crippen LogP) is 4.02. The molecule has 3 aromatic rings. The Kier molecular flexibility index (Phi) is 6.87. The monoisotopic (exact) mass is 407 g/mol. The van der Waals surface area contributed by atoms with E-state index in [0.29, 0.717) is 22.5 Å². The highest BCUT2D eigenvalue weighted by molar-refractivity contribution is 7.99. The van der Waals surface area contributed by atoms with Crippen LogP contribution in [0, 0.1) is 11.3 Å². The van der Waals surface area contributed by atoms with Gasteiger partial charge in [0, 0.05) is 11.4 Å². The predicted molar refractivity (Wildman–Crippen MR) is 112 cm³/mol. The van der Waals surface area contributed by atoms with E-state index in [9.17, 15) is 4.79 Å². The van der Waals surface area contributed by atoms with Gasteiger partial charge < -0.3 is 10.1 Å². The number of benzene rings is 2. The molecule has 0 saturated carbocycles.